The largest absolute Gasteiger partial charge is 0.353 e. The summed E-state index contributed by atoms with van der Waals surface area (Å²) in [5, 5.41) is 26.6. The van der Waals surface area contributed by atoms with E-state index in [0.29, 0.717) is 19.5 Å². The van der Waals surface area contributed by atoms with Gasteiger partial charge >= 0.3 is 0 Å². The van der Waals surface area contributed by atoms with Crippen LogP contribution in [-0.2, 0) is 10.3 Å². The van der Waals surface area contributed by atoms with E-state index in [-0.39, 0.29) is 6.04 Å². The summed E-state index contributed by atoms with van der Waals surface area (Å²) >= 11 is 0. The van der Waals surface area contributed by atoms with E-state index < -0.39 is 17.5 Å². The molecule has 4 N–H and O–H groups in total. The molecule has 3 aromatic rings. The molecular formula is C25H27BN2O3. The molecule has 0 bridgehead atoms. The van der Waals surface area contributed by atoms with Crippen LogP contribution < -0.4 is 10.6 Å². The molecule has 1 saturated heterocycles. The zero-order valence-electron chi connectivity index (χ0n) is 17.3. The lowest BCUT2D eigenvalue weighted by molar-refractivity contribution is -0.300. The zero-order chi connectivity index (χ0) is 21.7. The SMILES string of the molecule is [B]C(O)(O)OC1CCNCC1NC(c1ccccc1)(c1ccccc1)c1ccccc1. The van der Waals surface area contributed by atoms with Crippen LogP contribution in [0.5, 0.6) is 0 Å². The number of aliphatic hydroxyl groups is 2. The topological polar surface area (TPSA) is 73.8 Å². The van der Waals surface area contributed by atoms with Crippen molar-refractivity contribution in [3.8, 4) is 0 Å². The molecule has 1 aliphatic rings. The minimum Gasteiger partial charge on any atom is -0.353 e. The maximum atomic E-state index is 9.70. The van der Waals surface area contributed by atoms with Gasteiger partial charge in [0.25, 0.3) is 0 Å². The Morgan fingerprint density at radius 3 is 1.68 bits per heavy atom. The molecule has 0 aromatic heterocycles. The molecule has 31 heavy (non-hydrogen) atoms. The maximum absolute atomic E-state index is 9.70. The Kier molecular flexibility index (Phi) is 6.55. The summed E-state index contributed by atoms with van der Waals surface area (Å²) in [4.78, 5) is 0. The lowest BCUT2D eigenvalue weighted by Gasteiger charge is -2.44. The summed E-state index contributed by atoms with van der Waals surface area (Å²) in [5.74, 6) is -2.68. The number of benzene rings is 3. The molecule has 2 atom stereocenters. The van der Waals surface area contributed by atoms with Crippen LogP contribution in [0.15, 0.2) is 91.0 Å². The monoisotopic (exact) mass is 414 g/mol. The van der Waals surface area contributed by atoms with E-state index in [2.05, 4.69) is 47.0 Å². The summed E-state index contributed by atoms with van der Waals surface area (Å²) in [6.45, 7) is 1.29. The molecule has 2 unspecified atom stereocenters. The second-order valence-electron chi connectivity index (χ2n) is 7.91. The van der Waals surface area contributed by atoms with E-state index >= 15 is 0 Å². The number of ether oxygens (including phenoxy) is 1. The van der Waals surface area contributed by atoms with Crippen molar-refractivity contribution in [3.05, 3.63) is 108 Å². The van der Waals surface area contributed by atoms with Gasteiger partial charge in [0, 0.05) is 12.6 Å². The fourth-order valence-electron chi connectivity index (χ4n) is 4.43. The minimum atomic E-state index is -2.68. The van der Waals surface area contributed by atoms with E-state index in [4.69, 9.17) is 12.6 Å². The van der Waals surface area contributed by atoms with Crippen LogP contribution in [0.25, 0.3) is 0 Å². The molecule has 158 valence electrons. The van der Waals surface area contributed by atoms with Crippen LogP contribution in [-0.4, -0.2) is 49.2 Å². The van der Waals surface area contributed by atoms with Crippen molar-refractivity contribution in [2.24, 2.45) is 0 Å². The van der Waals surface area contributed by atoms with Gasteiger partial charge in [-0.2, -0.15) is 0 Å². The molecule has 3 aromatic carbocycles. The summed E-state index contributed by atoms with van der Waals surface area (Å²) in [6.07, 6.45) is 0.100. The summed E-state index contributed by atoms with van der Waals surface area (Å²) in [6, 6.07) is 30.5. The number of nitrogens with one attached hydrogen (secondary N) is 2. The molecule has 6 heteroatoms. The summed E-state index contributed by atoms with van der Waals surface area (Å²) in [7, 11) is 5.37. The van der Waals surface area contributed by atoms with E-state index in [1.165, 1.54) is 0 Å². The van der Waals surface area contributed by atoms with Gasteiger partial charge in [0.05, 0.1) is 11.6 Å². The van der Waals surface area contributed by atoms with Crippen LogP contribution in [0, 0.1) is 0 Å². The second-order valence-corrected chi connectivity index (χ2v) is 7.91. The van der Waals surface area contributed by atoms with Crippen LogP contribution in [0.4, 0.5) is 0 Å². The van der Waals surface area contributed by atoms with Crippen molar-refractivity contribution in [1.82, 2.24) is 10.6 Å². The van der Waals surface area contributed by atoms with Crippen molar-refractivity contribution in [1.29, 1.82) is 0 Å². The van der Waals surface area contributed by atoms with Crippen LogP contribution >= 0.6 is 0 Å². The van der Waals surface area contributed by atoms with E-state index in [1.807, 2.05) is 54.6 Å². The third-order valence-electron chi connectivity index (χ3n) is 5.77. The quantitative estimate of drug-likeness (QED) is 0.271. The molecule has 5 nitrogen and oxygen atoms in total. The fraction of sp³-hybridized carbons (Fsp3) is 0.280. The molecule has 1 heterocycles. The molecule has 1 fully saturated rings. The zero-order valence-corrected chi connectivity index (χ0v) is 17.3. The molecule has 0 saturated carbocycles. The van der Waals surface area contributed by atoms with E-state index in [0.717, 1.165) is 16.7 Å². The van der Waals surface area contributed by atoms with Gasteiger partial charge in [-0.1, -0.05) is 91.0 Å². The Labute approximate surface area is 184 Å². The van der Waals surface area contributed by atoms with Crippen molar-refractivity contribution in [3.63, 3.8) is 0 Å². The standard InChI is InChI=1S/C25H27BN2O3/c26-25(29,30)31-23-16-17-27-18-22(23)28-24(19-10-4-1-5-11-19,20-12-6-2-7-13-20)21-14-8-3-9-15-21/h1-15,22-23,27-30H,16-18H2. The second kappa shape index (κ2) is 9.34. The predicted molar refractivity (Wildman–Crippen MR) is 121 cm³/mol. The van der Waals surface area contributed by atoms with Gasteiger partial charge in [-0.3, -0.25) is 5.32 Å². The van der Waals surface area contributed by atoms with E-state index in [9.17, 15) is 10.2 Å². The first-order valence-corrected chi connectivity index (χ1v) is 10.6. The first-order chi connectivity index (χ1) is 15.0. The van der Waals surface area contributed by atoms with E-state index in [1.54, 1.807) is 0 Å². The van der Waals surface area contributed by atoms with Gasteiger partial charge in [-0.05, 0) is 29.7 Å². The van der Waals surface area contributed by atoms with Crippen molar-refractivity contribution in [2.75, 3.05) is 13.1 Å². The van der Waals surface area contributed by atoms with Crippen molar-refractivity contribution in [2.45, 2.75) is 30.0 Å². The average molecular weight is 414 g/mol. The molecule has 1 aliphatic heterocycles. The fourth-order valence-corrected chi connectivity index (χ4v) is 4.43. The van der Waals surface area contributed by atoms with Gasteiger partial charge in [0.1, 0.15) is 0 Å². The Morgan fingerprint density at radius 2 is 1.26 bits per heavy atom. The number of rotatable bonds is 7. The number of hydrogen-bond donors (Lipinski definition) is 4. The highest BCUT2D eigenvalue weighted by molar-refractivity contribution is 6.11. The van der Waals surface area contributed by atoms with Crippen LogP contribution in [0.3, 0.4) is 0 Å². The molecular weight excluding hydrogens is 387 g/mol. The molecule has 2 radical (unpaired) electrons. The number of hydrogen-bond acceptors (Lipinski definition) is 5. The third-order valence-corrected chi connectivity index (χ3v) is 5.77. The predicted octanol–water partition coefficient (Wildman–Crippen LogP) is 2.08. The highest BCUT2D eigenvalue weighted by Crippen LogP contribution is 2.38. The molecule has 0 amide bonds. The molecule has 4 rings (SSSR count). The van der Waals surface area contributed by atoms with Gasteiger partial charge < -0.3 is 20.3 Å². The average Bonchev–Trinajstić information content (AvgIpc) is 2.79. The Hall–Kier alpha value is -2.48. The van der Waals surface area contributed by atoms with Crippen molar-refractivity contribution >= 4 is 7.85 Å². The summed E-state index contributed by atoms with van der Waals surface area (Å²) in [5.41, 5.74) is 2.54. The van der Waals surface area contributed by atoms with Crippen molar-refractivity contribution < 1.29 is 14.9 Å². The molecule has 0 spiro atoms. The van der Waals surface area contributed by atoms with Gasteiger partial charge in [-0.25, -0.2) is 0 Å². The third kappa shape index (κ3) is 4.90. The smallest absolute Gasteiger partial charge is 0.217 e. The Bertz CT molecular complexity index is 852. The van der Waals surface area contributed by atoms with Gasteiger partial charge in [-0.15, -0.1) is 0 Å². The minimum absolute atomic E-state index is 0.239. The molecule has 0 aliphatic carbocycles. The lowest BCUT2D eigenvalue weighted by atomic mass is 9.76. The Balaban J connectivity index is 1.86. The first kappa shape index (κ1) is 21.7. The highest BCUT2D eigenvalue weighted by Gasteiger charge is 2.41. The normalized spacial score (nSPS) is 19.8. The summed E-state index contributed by atoms with van der Waals surface area (Å²) < 4.78 is 5.43. The van der Waals surface area contributed by atoms with Crippen LogP contribution in [0.2, 0.25) is 0 Å². The maximum Gasteiger partial charge on any atom is 0.217 e. The number of piperidine rings is 1. The van der Waals surface area contributed by atoms with Gasteiger partial charge in [0.2, 0.25) is 5.87 Å². The van der Waals surface area contributed by atoms with Gasteiger partial charge in [0.15, 0.2) is 7.85 Å². The first-order valence-electron chi connectivity index (χ1n) is 10.6. The highest BCUT2D eigenvalue weighted by atomic mass is 16.8. The Morgan fingerprint density at radius 1 is 0.806 bits per heavy atom. The van der Waals surface area contributed by atoms with Crippen LogP contribution in [0.1, 0.15) is 23.1 Å². The lowest BCUT2D eigenvalue weighted by Crippen LogP contribution is -2.61.